The molecule has 4 heteroatoms. The lowest BCUT2D eigenvalue weighted by molar-refractivity contribution is 0.0686. The Morgan fingerprint density at radius 1 is 0.789 bits per heavy atom. The maximum atomic E-state index is 10.8. The van der Waals surface area contributed by atoms with Crippen molar-refractivity contribution in [2.45, 2.75) is 0 Å². The lowest BCUT2D eigenvalue weighted by atomic mass is 10.0. The van der Waals surface area contributed by atoms with Crippen LogP contribution in [0.15, 0.2) is 48.5 Å². The van der Waals surface area contributed by atoms with Gasteiger partial charge in [-0.05, 0) is 35.4 Å². The van der Waals surface area contributed by atoms with Crippen molar-refractivity contribution in [3.63, 3.8) is 0 Å². The summed E-state index contributed by atoms with van der Waals surface area (Å²) >= 11 is 0. The lowest BCUT2D eigenvalue weighted by Gasteiger charge is -2.03. The molecule has 0 aliphatic heterocycles. The molecule has 2 aromatic carbocycles. The molecule has 0 bridgehead atoms. The minimum Gasteiger partial charge on any atom is -0.478 e. The van der Waals surface area contributed by atoms with E-state index < -0.39 is 11.9 Å². The Labute approximate surface area is 109 Å². The molecule has 0 saturated heterocycles. The van der Waals surface area contributed by atoms with E-state index in [1.165, 1.54) is 18.2 Å². The van der Waals surface area contributed by atoms with Gasteiger partial charge in [-0.2, -0.15) is 0 Å². The molecule has 0 aliphatic carbocycles. The van der Waals surface area contributed by atoms with Crippen LogP contribution in [-0.4, -0.2) is 22.2 Å². The van der Waals surface area contributed by atoms with E-state index in [2.05, 4.69) is 0 Å². The van der Waals surface area contributed by atoms with Crippen LogP contribution in [0.1, 0.15) is 31.8 Å². The first-order valence-corrected chi connectivity index (χ1v) is 5.58. The zero-order chi connectivity index (χ0) is 13.8. The molecule has 0 spiro atoms. The number of carbonyl (C=O) groups is 2. The van der Waals surface area contributed by atoms with Gasteiger partial charge in [-0.1, -0.05) is 24.3 Å². The number of benzene rings is 2. The molecular formula is C15H11O4. The fraction of sp³-hybridized carbons (Fsp3) is 0. The average molecular weight is 255 g/mol. The van der Waals surface area contributed by atoms with E-state index in [4.69, 9.17) is 10.2 Å². The second kappa shape index (κ2) is 5.35. The zero-order valence-corrected chi connectivity index (χ0v) is 9.91. The Bertz CT molecular complexity index is 614. The highest BCUT2D eigenvalue weighted by Crippen LogP contribution is 2.14. The maximum Gasteiger partial charge on any atom is 0.335 e. The van der Waals surface area contributed by atoms with Crippen LogP contribution < -0.4 is 0 Å². The van der Waals surface area contributed by atoms with E-state index in [0.29, 0.717) is 0 Å². The number of hydrogen-bond acceptors (Lipinski definition) is 2. The molecule has 2 aromatic rings. The van der Waals surface area contributed by atoms with Gasteiger partial charge >= 0.3 is 11.9 Å². The minimum absolute atomic E-state index is 0.218. The molecule has 95 valence electrons. The molecule has 0 aromatic heterocycles. The molecule has 0 heterocycles. The Morgan fingerprint density at radius 3 is 2.00 bits per heavy atom. The van der Waals surface area contributed by atoms with Crippen LogP contribution in [-0.2, 0) is 0 Å². The van der Waals surface area contributed by atoms with Gasteiger partial charge in [0.05, 0.1) is 11.1 Å². The van der Waals surface area contributed by atoms with Crippen LogP contribution >= 0.6 is 0 Å². The zero-order valence-electron chi connectivity index (χ0n) is 9.91. The molecule has 0 atom stereocenters. The third-order valence-corrected chi connectivity index (χ3v) is 2.62. The number of rotatable bonds is 4. The van der Waals surface area contributed by atoms with Crippen molar-refractivity contribution in [3.8, 4) is 0 Å². The Hall–Kier alpha value is -2.62. The smallest absolute Gasteiger partial charge is 0.335 e. The predicted molar refractivity (Wildman–Crippen MR) is 69.3 cm³/mol. The minimum atomic E-state index is -0.975. The Balaban J connectivity index is 2.19. The summed E-state index contributed by atoms with van der Waals surface area (Å²) in [6.07, 6.45) is 1.79. The molecule has 2 N–H and O–H groups in total. The quantitative estimate of drug-likeness (QED) is 0.880. The summed E-state index contributed by atoms with van der Waals surface area (Å²) in [6, 6.07) is 12.9. The molecule has 0 amide bonds. The van der Waals surface area contributed by atoms with Crippen molar-refractivity contribution in [1.82, 2.24) is 0 Å². The third-order valence-electron chi connectivity index (χ3n) is 2.62. The number of carboxylic acid groups (broad SMARTS) is 2. The topological polar surface area (TPSA) is 74.6 Å². The number of aromatic carboxylic acids is 2. The molecular weight excluding hydrogens is 244 g/mol. The van der Waals surface area contributed by atoms with Crippen LogP contribution in [0.4, 0.5) is 0 Å². The Kier molecular flexibility index (Phi) is 3.61. The fourth-order valence-electron chi connectivity index (χ4n) is 1.68. The lowest BCUT2D eigenvalue weighted by Crippen LogP contribution is -1.98. The van der Waals surface area contributed by atoms with Gasteiger partial charge in [0.1, 0.15) is 0 Å². The molecule has 0 saturated carbocycles. The van der Waals surface area contributed by atoms with Crippen molar-refractivity contribution in [2.75, 3.05) is 0 Å². The highest BCUT2D eigenvalue weighted by atomic mass is 16.4. The van der Waals surface area contributed by atoms with Gasteiger partial charge in [0.15, 0.2) is 0 Å². The van der Waals surface area contributed by atoms with Crippen molar-refractivity contribution in [2.24, 2.45) is 0 Å². The SMILES string of the molecule is O=C(O)c1ccc([CH]c2cccc(C(=O)O)c2)cc1. The van der Waals surface area contributed by atoms with Gasteiger partial charge in [-0.3, -0.25) is 0 Å². The van der Waals surface area contributed by atoms with Crippen LogP contribution in [0.5, 0.6) is 0 Å². The molecule has 2 rings (SSSR count). The molecule has 4 nitrogen and oxygen atoms in total. The van der Waals surface area contributed by atoms with Gasteiger partial charge in [0, 0.05) is 6.42 Å². The van der Waals surface area contributed by atoms with E-state index in [1.807, 2.05) is 0 Å². The van der Waals surface area contributed by atoms with Gasteiger partial charge in [-0.15, -0.1) is 0 Å². The van der Waals surface area contributed by atoms with Crippen molar-refractivity contribution < 1.29 is 19.8 Å². The highest BCUT2D eigenvalue weighted by Gasteiger charge is 2.05. The summed E-state index contributed by atoms with van der Waals surface area (Å²) in [5.74, 6) is -1.95. The van der Waals surface area contributed by atoms with Crippen LogP contribution in [0.3, 0.4) is 0 Å². The van der Waals surface area contributed by atoms with Crippen LogP contribution in [0.25, 0.3) is 0 Å². The van der Waals surface area contributed by atoms with Crippen LogP contribution in [0.2, 0.25) is 0 Å². The highest BCUT2D eigenvalue weighted by molar-refractivity contribution is 5.88. The molecule has 0 fully saturated rings. The largest absolute Gasteiger partial charge is 0.478 e. The first-order chi connectivity index (χ1) is 9.06. The third kappa shape index (κ3) is 3.19. The molecule has 19 heavy (non-hydrogen) atoms. The molecule has 1 radical (unpaired) electrons. The van der Waals surface area contributed by atoms with Crippen molar-refractivity contribution in [1.29, 1.82) is 0 Å². The summed E-state index contributed by atoms with van der Waals surface area (Å²) in [5.41, 5.74) is 2.00. The van der Waals surface area contributed by atoms with E-state index in [1.54, 1.807) is 36.8 Å². The van der Waals surface area contributed by atoms with Gasteiger partial charge < -0.3 is 10.2 Å². The van der Waals surface area contributed by atoms with E-state index in [-0.39, 0.29) is 11.1 Å². The number of carboxylic acids is 2. The van der Waals surface area contributed by atoms with E-state index in [0.717, 1.165) is 11.1 Å². The molecule has 0 aliphatic rings. The number of hydrogen-bond donors (Lipinski definition) is 2. The first-order valence-electron chi connectivity index (χ1n) is 5.58. The summed E-state index contributed by atoms with van der Waals surface area (Å²) in [5, 5.41) is 17.7. The maximum absolute atomic E-state index is 10.8. The Morgan fingerprint density at radius 2 is 1.42 bits per heavy atom. The normalized spacial score (nSPS) is 10.1. The second-order valence-corrected chi connectivity index (χ2v) is 4.00. The van der Waals surface area contributed by atoms with Gasteiger partial charge in [-0.25, -0.2) is 9.59 Å². The first kappa shape index (κ1) is 12.8. The monoisotopic (exact) mass is 255 g/mol. The van der Waals surface area contributed by atoms with Crippen molar-refractivity contribution >= 4 is 11.9 Å². The predicted octanol–water partition coefficient (Wildman–Crippen LogP) is 2.68. The summed E-state index contributed by atoms with van der Waals surface area (Å²) < 4.78 is 0. The van der Waals surface area contributed by atoms with Gasteiger partial charge in [0.25, 0.3) is 0 Å². The second-order valence-electron chi connectivity index (χ2n) is 4.00. The van der Waals surface area contributed by atoms with Gasteiger partial charge in [0.2, 0.25) is 0 Å². The summed E-state index contributed by atoms with van der Waals surface area (Å²) in [7, 11) is 0. The molecule has 0 unspecified atom stereocenters. The van der Waals surface area contributed by atoms with E-state index >= 15 is 0 Å². The summed E-state index contributed by atoms with van der Waals surface area (Å²) in [4.78, 5) is 21.6. The standard InChI is InChI=1S/C15H11O4/c16-14(17)12-6-4-10(5-7-12)8-11-2-1-3-13(9-11)15(18)19/h1-9H,(H,16,17)(H,18,19). The van der Waals surface area contributed by atoms with Crippen LogP contribution in [0, 0.1) is 6.42 Å². The summed E-state index contributed by atoms with van der Waals surface area (Å²) in [6.45, 7) is 0. The average Bonchev–Trinajstić information content (AvgIpc) is 2.39. The van der Waals surface area contributed by atoms with E-state index in [9.17, 15) is 9.59 Å². The fourth-order valence-corrected chi connectivity index (χ4v) is 1.68. The van der Waals surface area contributed by atoms with Crippen molar-refractivity contribution in [3.05, 3.63) is 77.2 Å².